The van der Waals surface area contributed by atoms with Gasteiger partial charge in [-0.05, 0) is 18.1 Å². The highest BCUT2D eigenvalue weighted by molar-refractivity contribution is 7.13. The minimum atomic E-state index is 0.0168. The molecule has 0 unspecified atom stereocenters. The number of hydrogen-bond acceptors (Lipinski definition) is 4. The van der Waals surface area contributed by atoms with Gasteiger partial charge in [0.25, 0.3) is 0 Å². The molecule has 4 nitrogen and oxygen atoms in total. The van der Waals surface area contributed by atoms with Gasteiger partial charge in [-0.25, -0.2) is 4.98 Å². The van der Waals surface area contributed by atoms with E-state index in [9.17, 15) is 4.79 Å². The summed E-state index contributed by atoms with van der Waals surface area (Å²) in [5.41, 5.74) is 8.27. The first-order valence-corrected chi connectivity index (χ1v) is 7.49. The molecule has 0 aliphatic carbocycles. The molecule has 0 saturated heterocycles. The Morgan fingerprint density at radius 2 is 2.25 bits per heavy atom. The van der Waals surface area contributed by atoms with E-state index in [1.165, 1.54) is 11.3 Å². The van der Waals surface area contributed by atoms with E-state index in [1.54, 1.807) is 0 Å². The molecule has 1 aromatic carbocycles. The molecule has 2 rings (SSSR count). The first-order valence-electron chi connectivity index (χ1n) is 6.61. The minimum absolute atomic E-state index is 0.0168. The Balaban J connectivity index is 2.00. The van der Waals surface area contributed by atoms with Crippen LogP contribution >= 0.6 is 11.3 Å². The summed E-state index contributed by atoms with van der Waals surface area (Å²) >= 11 is 1.53. The van der Waals surface area contributed by atoms with Gasteiger partial charge in [0, 0.05) is 23.2 Å². The van der Waals surface area contributed by atoms with Crippen molar-refractivity contribution in [2.75, 3.05) is 12.3 Å². The molecule has 0 atom stereocenters. The van der Waals surface area contributed by atoms with Gasteiger partial charge in [-0.3, -0.25) is 4.79 Å². The van der Waals surface area contributed by atoms with Crippen molar-refractivity contribution in [1.82, 2.24) is 10.3 Å². The fourth-order valence-electron chi connectivity index (χ4n) is 1.74. The molecule has 0 spiro atoms. The van der Waals surface area contributed by atoms with Crippen LogP contribution in [-0.4, -0.2) is 17.4 Å². The van der Waals surface area contributed by atoms with Crippen LogP contribution in [0.3, 0.4) is 0 Å². The predicted octanol–water partition coefficient (Wildman–Crippen LogP) is 2.71. The first kappa shape index (κ1) is 14.5. The van der Waals surface area contributed by atoms with Gasteiger partial charge in [0.1, 0.15) is 5.01 Å². The van der Waals surface area contributed by atoms with E-state index in [0.717, 1.165) is 16.3 Å². The second-order valence-corrected chi connectivity index (χ2v) is 6.00. The lowest BCUT2D eigenvalue weighted by Gasteiger charge is -2.06. The van der Waals surface area contributed by atoms with E-state index in [-0.39, 0.29) is 5.91 Å². The number of aromatic nitrogens is 1. The molecule has 0 bridgehead atoms. The van der Waals surface area contributed by atoms with E-state index in [2.05, 4.69) is 24.1 Å². The molecular weight excluding hydrogens is 270 g/mol. The fourth-order valence-corrected chi connectivity index (χ4v) is 2.55. The Morgan fingerprint density at radius 1 is 1.45 bits per heavy atom. The van der Waals surface area contributed by atoms with Crippen LogP contribution in [0.2, 0.25) is 0 Å². The standard InChI is InChI=1S/C15H19N3OS/c1-10(2)8-17-14(19)7-13-9-20-15(18-13)11-4-3-5-12(16)6-11/h3-6,9-10H,7-8,16H2,1-2H3,(H,17,19). The maximum absolute atomic E-state index is 11.8. The van der Waals surface area contributed by atoms with Crippen LogP contribution in [0.15, 0.2) is 29.6 Å². The van der Waals surface area contributed by atoms with Gasteiger partial charge in [0.05, 0.1) is 12.1 Å². The number of hydrogen-bond donors (Lipinski definition) is 2. The molecule has 0 aliphatic heterocycles. The van der Waals surface area contributed by atoms with E-state index >= 15 is 0 Å². The Hall–Kier alpha value is -1.88. The monoisotopic (exact) mass is 289 g/mol. The normalized spacial score (nSPS) is 10.8. The smallest absolute Gasteiger partial charge is 0.226 e. The third-order valence-electron chi connectivity index (χ3n) is 2.73. The van der Waals surface area contributed by atoms with E-state index in [0.29, 0.717) is 24.6 Å². The zero-order valence-electron chi connectivity index (χ0n) is 11.7. The quantitative estimate of drug-likeness (QED) is 0.832. The average molecular weight is 289 g/mol. The number of nitrogens with one attached hydrogen (secondary N) is 1. The summed E-state index contributed by atoms with van der Waals surface area (Å²) < 4.78 is 0. The van der Waals surface area contributed by atoms with Crippen LogP contribution in [0.25, 0.3) is 10.6 Å². The van der Waals surface area contributed by atoms with Gasteiger partial charge < -0.3 is 11.1 Å². The average Bonchev–Trinajstić information content (AvgIpc) is 2.85. The van der Waals surface area contributed by atoms with Crippen LogP contribution < -0.4 is 11.1 Å². The number of thiazole rings is 1. The Labute approximate surface area is 123 Å². The fraction of sp³-hybridized carbons (Fsp3) is 0.333. The molecule has 0 aliphatic rings. The summed E-state index contributed by atoms with van der Waals surface area (Å²) in [6.45, 7) is 4.84. The summed E-state index contributed by atoms with van der Waals surface area (Å²) in [4.78, 5) is 16.2. The van der Waals surface area contributed by atoms with Crippen molar-refractivity contribution >= 4 is 22.9 Å². The van der Waals surface area contributed by atoms with E-state index < -0.39 is 0 Å². The number of nitrogens with zero attached hydrogens (tertiary/aromatic N) is 1. The van der Waals surface area contributed by atoms with Crippen molar-refractivity contribution in [2.45, 2.75) is 20.3 Å². The molecule has 0 saturated carbocycles. The molecule has 0 radical (unpaired) electrons. The number of anilines is 1. The van der Waals surface area contributed by atoms with Crippen molar-refractivity contribution in [3.05, 3.63) is 35.3 Å². The van der Waals surface area contributed by atoms with Gasteiger partial charge in [0.2, 0.25) is 5.91 Å². The summed E-state index contributed by atoms with van der Waals surface area (Å²) in [5.74, 6) is 0.473. The number of carbonyl (C=O) groups excluding carboxylic acids is 1. The number of benzene rings is 1. The number of rotatable bonds is 5. The van der Waals surface area contributed by atoms with E-state index in [4.69, 9.17) is 5.73 Å². The molecule has 1 aromatic heterocycles. The van der Waals surface area contributed by atoms with E-state index in [1.807, 2.05) is 29.6 Å². The van der Waals surface area contributed by atoms with Crippen LogP contribution in [0.4, 0.5) is 5.69 Å². The van der Waals surface area contributed by atoms with Crippen molar-refractivity contribution in [3.63, 3.8) is 0 Å². The molecule has 5 heteroatoms. The lowest BCUT2D eigenvalue weighted by atomic mass is 10.2. The summed E-state index contributed by atoms with van der Waals surface area (Å²) in [6.07, 6.45) is 0.325. The Morgan fingerprint density at radius 3 is 2.95 bits per heavy atom. The maximum Gasteiger partial charge on any atom is 0.226 e. The first-order chi connectivity index (χ1) is 9.54. The molecular formula is C15H19N3OS. The molecule has 1 amide bonds. The molecule has 20 heavy (non-hydrogen) atoms. The van der Waals surface area contributed by atoms with Gasteiger partial charge in [-0.15, -0.1) is 11.3 Å². The third kappa shape index (κ3) is 4.06. The van der Waals surface area contributed by atoms with Gasteiger partial charge in [0.15, 0.2) is 0 Å². The van der Waals surface area contributed by atoms with Crippen LogP contribution in [-0.2, 0) is 11.2 Å². The molecule has 0 fully saturated rings. The Bertz CT molecular complexity index is 592. The molecule has 1 heterocycles. The molecule has 106 valence electrons. The Kier molecular flexibility index (Phi) is 4.74. The second kappa shape index (κ2) is 6.52. The van der Waals surface area contributed by atoms with Gasteiger partial charge in [-0.1, -0.05) is 26.0 Å². The van der Waals surface area contributed by atoms with Crippen molar-refractivity contribution in [1.29, 1.82) is 0 Å². The summed E-state index contributed by atoms with van der Waals surface area (Å²) in [5, 5.41) is 5.71. The van der Waals surface area contributed by atoms with Crippen LogP contribution in [0.5, 0.6) is 0 Å². The van der Waals surface area contributed by atoms with Gasteiger partial charge >= 0.3 is 0 Å². The topological polar surface area (TPSA) is 68.0 Å². The zero-order valence-corrected chi connectivity index (χ0v) is 12.5. The highest BCUT2D eigenvalue weighted by Gasteiger charge is 2.09. The number of amides is 1. The lowest BCUT2D eigenvalue weighted by Crippen LogP contribution is -2.28. The SMILES string of the molecule is CC(C)CNC(=O)Cc1csc(-c2cccc(N)c2)n1. The number of carbonyl (C=O) groups is 1. The van der Waals surface area contributed by atoms with Crippen molar-refractivity contribution < 1.29 is 4.79 Å². The molecule has 3 N–H and O–H groups in total. The molecule has 2 aromatic rings. The van der Waals surface area contributed by atoms with Crippen LogP contribution in [0, 0.1) is 5.92 Å². The zero-order chi connectivity index (χ0) is 14.5. The highest BCUT2D eigenvalue weighted by Crippen LogP contribution is 2.25. The maximum atomic E-state index is 11.8. The highest BCUT2D eigenvalue weighted by atomic mass is 32.1. The van der Waals surface area contributed by atoms with Crippen molar-refractivity contribution in [3.8, 4) is 10.6 Å². The van der Waals surface area contributed by atoms with Crippen molar-refractivity contribution in [2.24, 2.45) is 5.92 Å². The lowest BCUT2D eigenvalue weighted by molar-refractivity contribution is -0.120. The number of nitrogen functional groups attached to an aromatic ring is 1. The van der Waals surface area contributed by atoms with Gasteiger partial charge in [-0.2, -0.15) is 0 Å². The van der Waals surface area contributed by atoms with Crippen LogP contribution in [0.1, 0.15) is 19.5 Å². The third-order valence-corrected chi connectivity index (χ3v) is 3.67. The minimum Gasteiger partial charge on any atom is -0.399 e. The largest absolute Gasteiger partial charge is 0.399 e. The second-order valence-electron chi connectivity index (χ2n) is 5.14. The summed E-state index contributed by atoms with van der Waals surface area (Å²) in [6, 6.07) is 7.61. The summed E-state index contributed by atoms with van der Waals surface area (Å²) in [7, 11) is 0. The predicted molar refractivity (Wildman–Crippen MR) is 83.5 cm³/mol. The number of nitrogens with two attached hydrogens (primary N) is 1.